The standard InChI is InChI=1S/C8H12N6/c1-6-9-5-14(13-6)4-3-8-10-7(2)11-12-8/h5H,3-4H2,1-2H3,(H,10,11,12). The van der Waals surface area contributed by atoms with Gasteiger partial charge in [-0.15, -0.1) is 0 Å². The van der Waals surface area contributed by atoms with Crippen LogP contribution in [0.4, 0.5) is 0 Å². The van der Waals surface area contributed by atoms with Gasteiger partial charge in [-0.1, -0.05) is 0 Å². The molecule has 0 radical (unpaired) electrons. The molecule has 0 saturated carbocycles. The third-order valence-electron chi connectivity index (χ3n) is 1.86. The van der Waals surface area contributed by atoms with E-state index in [-0.39, 0.29) is 0 Å². The number of aromatic nitrogens is 6. The molecule has 0 aliphatic carbocycles. The van der Waals surface area contributed by atoms with E-state index in [1.165, 1.54) is 0 Å². The van der Waals surface area contributed by atoms with Crippen LogP contribution in [-0.2, 0) is 13.0 Å². The zero-order chi connectivity index (χ0) is 9.97. The number of nitrogens with one attached hydrogen (secondary N) is 1. The van der Waals surface area contributed by atoms with Crippen molar-refractivity contribution < 1.29 is 0 Å². The van der Waals surface area contributed by atoms with Crippen molar-refractivity contribution in [3.05, 3.63) is 23.8 Å². The molecule has 6 heteroatoms. The maximum atomic E-state index is 4.20. The molecule has 0 fully saturated rings. The number of rotatable bonds is 3. The predicted molar refractivity (Wildman–Crippen MR) is 49.6 cm³/mol. The highest BCUT2D eigenvalue weighted by Gasteiger charge is 2.01. The Kier molecular flexibility index (Phi) is 2.26. The monoisotopic (exact) mass is 192 g/mol. The van der Waals surface area contributed by atoms with Crippen LogP contribution in [0.15, 0.2) is 6.33 Å². The fourth-order valence-corrected chi connectivity index (χ4v) is 1.21. The molecule has 2 rings (SSSR count). The van der Waals surface area contributed by atoms with Crippen molar-refractivity contribution in [1.82, 2.24) is 29.9 Å². The van der Waals surface area contributed by atoms with E-state index in [9.17, 15) is 0 Å². The zero-order valence-electron chi connectivity index (χ0n) is 8.23. The summed E-state index contributed by atoms with van der Waals surface area (Å²) in [5.74, 6) is 2.45. The van der Waals surface area contributed by atoms with Crippen molar-refractivity contribution >= 4 is 0 Å². The van der Waals surface area contributed by atoms with Crippen LogP contribution < -0.4 is 0 Å². The first kappa shape index (κ1) is 8.86. The minimum Gasteiger partial charge on any atom is -0.263 e. The van der Waals surface area contributed by atoms with Gasteiger partial charge in [0.15, 0.2) is 5.82 Å². The first-order chi connectivity index (χ1) is 6.74. The van der Waals surface area contributed by atoms with E-state index in [1.807, 2.05) is 13.8 Å². The van der Waals surface area contributed by atoms with Crippen LogP contribution in [0.1, 0.15) is 17.5 Å². The first-order valence-corrected chi connectivity index (χ1v) is 4.48. The number of aromatic amines is 1. The number of H-pyrrole nitrogens is 1. The van der Waals surface area contributed by atoms with Gasteiger partial charge in [0.1, 0.15) is 18.0 Å². The van der Waals surface area contributed by atoms with Crippen LogP contribution in [0.25, 0.3) is 0 Å². The second kappa shape index (κ2) is 3.57. The molecule has 0 aliphatic rings. The third kappa shape index (κ3) is 1.95. The molecule has 0 spiro atoms. The lowest BCUT2D eigenvalue weighted by Crippen LogP contribution is -2.03. The molecule has 2 aromatic heterocycles. The van der Waals surface area contributed by atoms with Crippen molar-refractivity contribution in [3.8, 4) is 0 Å². The summed E-state index contributed by atoms with van der Waals surface area (Å²) in [6.07, 6.45) is 2.49. The van der Waals surface area contributed by atoms with Crippen LogP contribution in [-0.4, -0.2) is 29.9 Å². The summed E-state index contributed by atoms with van der Waals surface area (Å²) in [4.78, 5) is 8.24. The predicted octanol–water partition coefficient (Wildman–Crippen LogP) is 0.256. The summed E-state index contributed by atoms with van der Waals surface area (Å²) in [7, 11) is 0. The van der Waals surface area contributed by atoms with Gasteiger partial charge in [0.2, 0.25) is 0 Å². The Morgan fingerprint density at radius 1 is 1.43 bits per heavy atom. The van der Waals surface area contributed by atoms with Crippen molar-refractivity contribution in [1.29, 1.82) is 0 Å². The lowest BCUT2D eigenvalue weighted by atomic mass is 10.4. The van der Waals surface area contributed by atoms with Gasteiger partial charge in [0, 0.05) is 13.0 Å². The Morgan fingerprint density at radius 3 is 2.86 bits per heavy atom. The quantitative estimate of drug-likeness (QED) is 0.756. The van der Waals surface area contributed by atoms with Crippen molar-refractivity contribution in [2.75, 3.05) is 0 Å². The second-order valence-corrected chi connectivity index (χ2v) is 3.14. The van der Waals surface area contributed by atoms with E-state index in [4.69, 9.17) is 0 Å². The minimum absolute atomic E-state index is 0.762. The molecule has 14 heavy (non-hydrogen) atoms. The number of aryl methyl sites for hydroxylation is 4. The largest absolute Gasteiger partial charge is 0.263 e. The minimum atomic E-state index is 0.762. The molecular weight excluding hydrogens is 180 g/mol. The average Bonchev–Trinajstić information content (AvgIpc) is 2.72. The Balaban J connectivity index is 1.94. The molecule has 0 amide bonds. The fourth-order valence-electron chi connectivity index (χ4n) is 1.21. The summed E-state index contributed by atoms with van der Waals surface area (Å²) in [6.45, 7) is 4.52. The molecule has 0 saturated heterocycles. The first-order valence-electron chi connectivity index (χ1n) is 4.48. The summed E-state index contributed by atoms with van der Waals surface area (Å²) in [5.41, 5.74) is 0. The average molecular weight is 192 g/mol. The third-order valence-corrected chi connectivity index (χ3v) is 1.86. The topological polar surface area (TPSA) is 72.3 Å². The highest BCUT2D eigenvalue weighted by molar-refractivity contribution is 4.87. The molecule has 0 unspecified atom stereocenters. The Labute approximate surface area is 81.4 Å². The van der Waals surface area contributed by atoms with Crippen LogP contribution >= 0.6 is 0 Å². The van der Waals surface area contributed by atoms with Crippen molar-refractivity contribution in [2.45, 2.75) is 26.8 Å². The smallest absolute Gasteiger partial charge is 0.152 e. The molecule has 0 aromatic carbocycles. The maximum absolute atomic E-state index is 4.20. The Hall–Kier alpha value is -1.72. The lowest BCUT2D eigenvalue weighted by Gasteiger charge is -1.95. The van der Waals surface area contributed by atoms with Gasteiger partial charge < -0.3 is 0 Å². The highest BCUT2D eigenvalue weighted by atomic mass is 15.3. The molecule has 2 aromatic rings. The Morgan fingerprint density at radius 2 is 2.29 bits per heavy atom. The second-order valence-electron chi connectivity index (χ2n) is 3.14. The summed E-state index contributed by atoms with van der Waals surface area (Å²) in [5, 5.41) is 11.0. The lowest BCUT2D eigenvalue weighted by molar-refractivity contribution is 0.596. The van der Waals surface area contributed by atoms with Crippen LogP contribution in [0.5, 0.6) is 0 Å². The van der Waals surface area contributed by atoms with Crippen molar-refractivity contribution in [3.63, 3.8) is 0 Å². The van der Waals surface area contributed by atoms with E-state index in [0.717, 1.165) is 30.4 Å². The molecule has 0 aliphatic heterocycles. The van der Waals surface area contributed by atoms with Gasteiger partial charge in [0.05, 0.1) is 0 Å². The molecule has 6 nitrogen and oxygen atoms in total. The fraction of sp³-hybridized carbons (Fsp3) is 0.500. The van der Waals surface area contributed by atoms with Crippen LogP contribution in [0.2, 0.25) is 0 Å². The highest BCUT2D eigenvalue weighted by Crippen LogP contribution is 1.95. The molecule has 0 bridgehead atoms. The van der Waals surface area contributed by atoms with Crippen molar-refractivity contribution in [2.24, 2.45) is 0 Å². The van der Waals surface area contributed by atoms with Gasteiger partial charge in [-0.2, -0.15) is 10.2 Å². The van der Waals surface area contributed by atoms with E-state index >= 15 is 0 Å². The number of hydrogen-bond acceptors (Lipinski definition) is 4. The summed E-state index contributed by atoms with van der Waals surface area (Å²) < 4.78 is 1.79. The van der Waals surface area contributed by atoms with Crippen LogP contribution in [0, 0.1) is 13.8 Å². The summed E-state index contributed by atoms with van der Waals surface area (Å²) >= 11 is 0. The molecule has 0 atom stereocenters. The van der Waals surface area contributed by atoms with Gasteiger partial charge >= 0.3 is 0 Å². The van der Waals surface area contributed by atoms with Gasteiger partial charge in [-0.05, 0) is 13.8 Å². The molecule has 1 N–H and O–H groups in total. The normalized spacial score (nSPS) is 10.7. The summed E-state index contributed by atoms with van der Waals surface area (Å²) in [6, 6.07) is 0. The number of nitrogens with zero attached hydrogens (tertiary/aromatic N) is 5. The van der Waals surface area contributed by atoms with Gasteiger partial charge in [0.25, 0.3) is 0 Å². The van der Waals surface area contributed by atoms with Gasteiger partial charge in [-0.25, -0.2) is 9.97 Å². The van der Waals surface area contributed by atoms with E-state index in [2.05, 4.69) is 25.3 Å². The maximum Gasteiger partial charge on any atom is 0.152 e. The van der Waals surface area contributed by atoms with Crippen LogP contribution in [0.3, 0.4) is 0 Å². The Bertz CT molecular complexity index is 375. The van der Waals surface area contributed by atoms with E-state index < -0.39 is 0 Å². The van der Waals surface area contributed by atoms with Gasteiger partial charge in [-0.3, -0.25) is 9.78 Å². The number of hydrogen-bond donors (Lipinski definition) is 1. The SMILES string of the molecule is Cc1ncn(CCc2n[nH]c(C)n2)n1. The molecule has 74 valence electrons. The molecule has 2 heterocycles. The van der Waals surface area contributed by atoms with E-state index in [1.54, 1.807) is 11.0 Å². The zero-order valence-corrected chi connectivity index (χ0v) is 8.23. The van der Waals surface area contributed by atoms with E-state index in [0.29, 0.717) is 0 Å². The molecular formula is C8H12N6.